The van der Waals surface area contributed by atoms with Gasteiger partial charge in [0, 0.05) is 24.1 Å². The molecule has 3 rings (SSSR count). The molecule has 0 atom stereocenters. The maximum Gasteiger partial charge on any atom is 0.254 e. The van der Waals surface area contributed by atoms with Crippen LogP contribution >= 0.6 is 11.8 Å². The number of hydrogen-bond acceptors (Lipinski definition) is 5. The summed E-state index contributed by atoms with van der Waals surface area (Å²) in [6, 6.07) is 13.7. The second-order valence-electron chi connectivity index (χ2n) is 5.94. The summed E-state index contributed by atoms with van der Waals surface area (Å²) in [6.45, 7) is 4.40. The van der Waals surface area contributed by atoms with Gasteiger partial charge in [-0.1, -0.05) is 35.5 Å². The predicted molar refractivity (Wildman–Crippen MR) is 102 cm³/mol. The van der Waals surface area contributed by atoms with Gasteiger partial charge in [0.05, 0.1) is 11.3 Å². The third kappa shape index (κ3) is 4.52. The number of aryl methyl sites for hydroxylation is 2. The van der Waals surface area contributed by atoms with E-state index in [0.29, 0.717) is 22.9 Å². The van der Waals surface area contributed by atoms with Crippen molar-refractivity contribution in [3.63, 3.8) is 0 Å². The topological polar surface area (TPSA) is 68.0 Å². The standard InChI is InChI=1S/C20H21N3O2S/c1-14-18(15(2)25-23-14)13-26-20-17(9-6-11-22-20)19(24)21-12-10-16-7-4-3-5-8-16/h3-9,11H,10,12-13H2,1-2H3,(H,21,24). The van der Waals surface area contributed by atoms with Crippen molar-refractivity contribution >= 4 is 17.7 Å². The molecule has 1 amide bonds. The molecule has 0 fully saturated rings. The molecule has 1 aromatic carbocycles. The highest BCUT2D eigenvalue weighted by Crippen LogP contribution is 2.27. The van der Waals surface area contributed by atoms with Gasteiger partial charge in [-0.2, -0.15) is 0 Å². The Morgan fingerprint density at radius 2 is 1.96 bits per heavy atom. The fraction of sp³-hybridized carbons (Fsp3) is 0.250. The van der Waals surface area contributed by atoms with E-state index in [1.807, 2.05) is 32.0 Å². The lowest BCUT2D eigenvalue weighted by atomic mass is 10.1. The summed E-state index contributed by atoms with van der Waals surface area (Å²) in [5.74, 6) is 1.37. The van der Waals surface area contributed by atoms with Gasteiger partial charge in [0.1, 0.15) is 10.8 Å². The second-order valence-corrected chi connectivity index (χ2v) is 6.90. The smallest absolute Gasteiger partial charge is 0.254 e. The average Bonchev–Trinajstić information content (AvgIpc) is 2.99. The van der Waals surface area contributed by atoms with E-state index in [2.05, 4.69) is 27.6 Å². The lowest BCUT2D eigenvalue weighted by Gasteiger charge is -2.09. The van der Waals surface area contributed by atoms with Crippen LogP contribution in [-0.2, 0) is 12.2 Å². The minimum Gasteiger partial charge on any atom is -0.361 e. The van der Waals surface area contributed by atoms with E-state index in [-0.39, 0.29) is 5.91 Å². The van der Waals surface area contributed by atoms with Gasteiger partial charge in [-0.25, -0.2) is 4.98 Å². The number of carbonyl (C=O) groups is 1. The molecule has 1 N–H and O–H groups in total. The highest BCUT2D eigenvalue weighted by molar-refractivity contribution is 7.98. The Labute approximate surface area is 157 Å². The minimum atomic E-state index is -0.102. The van der Waals surface area contributed by atoms with Crippen molar-refractivity contribution in [1.29, 1.82) is 0 Å². The third-order valence-corrected chi connectivity index (χ3v) is 5.12. The minimum absolute atomic E-state index is 0.102. The van der Waals surface area contributed by atoms with E-state index in [1.165, 1.54) is 17.3 Å². The van der Waals surface area contributed by atoms with E-state index in [1.54, 1.807) is 18.3 Å². The molecule has 26 heavy (non-hydrogen) atoms. The van der Waals surface area contributed by atoms with E-state index in [9.17, 15) is 4.79 Å². The number of thioether (sulfide) groups is 1. The van der Waals surface area contributed by atoms with Gasteiger partial charge in [0.2, 0.25) is 0 Å². The van der Waals surface area contributed by atoms with E-state index >= 15 is 0 Å². The third-order valence-electron chi connectivity index (χ3n) is 4.09. The van der Waals surface area contributed by atoms with Crippen molar-refractivity contribution in [2.75, 3.05) is 6.54 Å². The van der Waals surface area contributed by atoms with Crippen LogP contribution in [0.25, 0.3) is 0 Å². The van der Waals surface area contributed by atoms with Crippen LogP contribution < -0.4 is 5.32 Å². The Balaban J connectivity index is 1.61. The molecular formula is C20H21N3O2S. The summed E-state index contributed by atoms with van der Waals surface area (Å²) in [7, 11) is 0. The first-order valence-corrected chi connectivity index (χ1v) is 9.45. The first kappa shape index (κ1) is 18.2. The number of amides is 1. The molecule has 0 bridgehead atoms. The number of aromatic nitrogens is 2. The molecule has 0 aliphatic carbocycles. The number of carbonyl (C=O) groups excluding carboxylic acids is 1. The number of hydrogen-bond donors (Lipinski definition) is 1. The Morgan fingerprint density at radius 1 is 1.15 bits per heavy atom. The van der Waals surface area contributed by atoms with E-state index in [0.717, 1.165) is 23.4 Å². The normalized spacial score (nSPS) is 10.7. The SMILES string of the molecule is Cc1noc(C)c1CSc1ncccc1C(=O)NCCc1ccccc1. The Hall–Kier alpha value is -2.60. The van der Waals surface area contributed by atoms with Crippen molar-refractivity contribution in [1.82, 2.24) is 15.5 Å². The number of pyridine rings is 1. The molecule has 3 aromatic rings. The van der Waals surface area contributed by atoms with E-state index < -0.39 is 0 Å². The van der Waals surface area contributed by atoms with Crippen LogP contribution in [0, 0.1) is 13.8 Å². The van der Waals surface area contributed by atoms with Crippen LogP contribution in [0.3, 0.4) is 0 Å². The van der Waals surface area contributed by atoms with Crippen molar-refractivity contribution in [2.45, 2.75) is 31.0 Å². The fourth-order valence-electron chi connectivity index (χ4n) is 2.59. The van der Waals surface area contributed by atoms with Crippen molar-refractivity contribution in [2.24, 2.45) is 0 Å². The van der Waals surface area contributed by atoms with Gasteiger partial charge in [-0.3, -0.25) is 4.79 Å². The Morgan fingerprint density at radius 3 is 2.69 bits per heavy atom. The quantitative estimate of drug-likeness (QED) is 0.641. The lowest BCUT2D eigenvalue weighted by molar-refractivity contribution is 0.0950. The number of nitrogens with zero attached hydrogens (tertiary/aromatic N) is 2. The summed E-state index contributed by atoms with van der Waals surface area (Å²) in [5.41, 5.74) is 3.72. The van der Waals surface area contributed by atoms with Crippen LogP contribution in [0.15, 0.2) is 58.2 Å². The summed E-state index contributed by atoms with van der Waals surface area (Å²) in [4.78, 5) is 16.9. The van der Waals surface area contributed by atoms with Crippen molar-refractivity contribution in [3.05, 3.63) is 76.8 Å². The van der Waals surface area contributed by atoms with Crippen LogP contribution in [0.5, 0.6) is 0 Å². The number of benzene rings is 1. The molecule has 0 radical (unpaired) electrons. The highest BCUT2D eigenvalue weighted by atomic mass is 32.2. The summed E-state index contributed by atoms with van der Waals surface area (Å²) < 4.78 is 5.19. The molecule has 134 valence electrons. The molecular weight excluding hydrogens is 346 g/mol. The maximum atomic E-state index is 12.6. The predicted octanol–water partition coefficient (Wildman–Crippen LogP) is 3.95. The first-order valence-electron chi connectivity index (χ1n) is 8.47. The van der Waals surface area contributed by atoms with E-state index in [4.69, 9.17) is 4.52 Å². The van der Waals surface area contributed by atoms with Gasteiger partial charge >= 0.3 is 0 Å². The largest absolute Gasteiger partial charge is 0.361 e. The summed E-state index contributed by atoms with van der Waals surface area (Å²) in [6.07, 6.45) is 2.50. The zero-order valence-electron chi connectivity index (χ0n) is 14.9. The van der Waals surface area contributed by atoms with Crippen molar-refractivity contribution in [3.8, 4) is 0 Å². The monoisotopic (exact) mass is 367 g/mol. The van der Waals surface area contributed by atoms with Gasteiger partial charge in [0.15, 0.2) is 0 Å². The number of rotatable bonds is 7. The van der Waals surface area contributed by atoms with Crippen LogP contribution in [0.1, 0.15) is 32.9 Å². The molecule has 0 spiro atoms. The summed E-state index contributed by atoms with van der Waals surface area (Å²) >= 11 is 1.52. The van der Waals surface area contributed by atoms with Gasteiger partial charge < -0.3 is 9.84 Å². The van der Waals surface area contributed by atoms with Crippen LogP contribution in [0.2, 0.25) is 0 Å². The van der Waals surface area contributed by atoms with Gasteiger partial charge in [-0.05, 0) is 38.0 Å². The molecule has 5 nitrogen and oxygen atoms in total. The second kappa shape index (κ2) is 8.67. The molecule has 2 aromatic heterocycles. The lowest BCUT2D eigenvalue weighted by Crippen LogP contribution is -2.26. The maximum absolute atomic E-state index is 12.6. The molecule has 0 aliphatic heterocycles. The average molecular weight is 367 g/mol. The fourth-order valence-corrected chi connectivity index (χ4v) is 3.73. The van der Waals surface area contributed by atoms with Gasteiger partial charge in [0.25, 0.3) is 5.91 Å². The van der Waals surface area contributed by atoms with Crippen LogP contribution in [0.4, 0.5) is 0 Å². The van der Waals surface area contributed by atoms with Gasteiger partial charge in [-0.15, -0.1) is 11.8 Å². The highest BCUT2D eigenvalue weighted by Gasteiger charge is 2.15. The number of nitrogens with one attached hydrogen (secondary N) is 1. The first-order chi connectivity index (χ1) is 12.6. The molecule has 0 unspecified atom stereocenters. The zero-order valence-corrected chi connectivity index (χ0v) is 15.7. The molecule has 0 aliphatic rings. The zero-order chi connectivity index (χ0) is 18.4. The molecule has 6 heteroatoms. The molecule has 0 saturated heterocycles. The molecule has 0 saturated carbocycles. The Bertz CT molecular complexity index is 858. The molecule has 2 heterocycles. The summed E-state index contributed by atoms with van der Waals surface area (Å²) in [5, 5.41) is 7.66. The van der Waals surface area contributed by atoms with Crippen LogP contribution in [-0.4, -0.2) is 22.6 Å². The van der Waals surface area contributed by atoms with Crippen molar-refractivity contribution < 1.29 is 9.32 Å². The Kier molecular flexibility index (Phi) is 6.07.